The number of nitrogens with two attached hydrogens (primary N) is 1. The quantitative estimate of drug-likeness (QED) is 0.832. The van der Waals surface area contributed by atoms with Gasteiger partial charge in [0.05, 0.1) is 11.5 Å². The number of rotatable bonds is 2. The molecule has 2 N–H and O–H groups in total. The monoisotopic (exact) mass is 246 g/mol. The molecule has 0 spiro atoms. The third-order valence-corrected chi connectivity index (χ3v) is 6.06. The van der Waals surface area contributed by atoms with Gasteiger partial charge in [-0.15, -0.1) is 11.3 Å². The van der Waals surface area contributed by atoms with E-state index in [-0.39, 0.29) is 11.2 Å². The van der Waals surface area contributed by atoms with Crippen molar-refractivity contribution < 1.29 is 8.42 Å². The molecule has 1 aromatic rings. The topological polar surface area (TPSA) is 73.0 Å². The van der Waals surface area contributed by atoms with Crippen molar-refractivity contribution in [1.29, 1.82) is 0 Å². The second-order valence-electron chi connectivity index (χ2n) is 4.23. The Bertz CT molecular complexity index is 466. The average molecular weight is 246 g/mol. The second kappa shape index (κ2) is 3.54. The Morgan fingerprint density at radius 1 is 1.67 bits per heavy atom. The minimum atomic E-state index is -2.85. The zero-order chi connectivity index (χ0) is 11.1. The van der Waals surface area contributed by atoms with Gasteiger partial charge < -0.3 is 5.73 Å². The lowest BCUT2D eigenvalue weighted by Gasteiger charge is -2.18. The highest BCUT2D eigenvalue weighted by atomic mass is 32.2. The van der Waals surface area contributed by atoms with E-state index in [0.29, 0.717) is 18.7 Å². The minimum Gasteiger partial charge on any atom is -0.325 e. The Hall–Kier alpha value is -0.460. The molecule has 2 heterocycles. The maximum absolute atomic E-state index is 11.5. The summed E-state index contributed by atoms with van der Waals surface area (Å²) in [4.78, 5) is 5.22. The summed E-state index contributed by atoms with van der Waals surface area (Å²) in [5.41, 5.74) is 5.24. The highest BCUT2D eigenvalue weighted by molar-refractivity contribution is 7.91. The van der Waals surface area contributed by atoms with E-state index in [0.717, 1.165) is 9.88 Å². The molecule has 2 rings (SSSR count). The van der Waals surface area contributed by atoms with Crippen LogP contribution in [0.3, 0.4) is 0 Å². The van der Waals surface area contributed by atoms with Crippen LogP contribution < -0.4 is 5.73 Å². The zero-order valence-corrected chi connectivity index (χ0v) is 10.2. The third kappa shape index (κ3) is 2.07. The summed E-state index contributed by atoms with van der Waals surface area (Å²) in [6.07, 6.45) is 2.47. The van der Waals surface area contributed by atoms with Crippen molar-refractivity contribution in [2.24, 2.45) is 5.73 Å². The summed E-state index contributed by atoms with van der Waals surface area (Å²) in [5.74, 6) is 0.533. The summed E-state index contributed by atoms with van der Waals surface area (Å²) in [6.45, 7) is 2.42. The molecule has 1 unspecified atom stereocenters. The van der Waals surface area contributed by atoms with Crippen molar-refractivity contribution in [1.82, 2.24) is 4.98 Å². The predicted molar refractivity (Wildman–Crippen MR) is 60.6 cm³/mol. The van der Waals surface area contributed by atoms with Gasteiger partial charge in [-0.25, -0.2) is 13.4 Å². The first kappa shape index (κ1) is 11.0. The van der Waals surface area contributed by atoms with Gasteiger partial charge in [0.2, 0.25) is 0 Å². The fraction of sp³-hybridized carbons (Fsp3) is 0.667. The Balaban J connectivity index is 2.31. The molecule has 15 heavy (non-hydrogen) atoms. The summed E-state index contributed by atoms with van der Waals surface area (Å²) in [6, 6.07) is 0. The van der Waals surface area contributed by atoms with Gasteiger partial charge in [-0.1, -0.05) is 6.92 Å². The number of hydrogen-bond acceptors (Lipinski definition) is 5. The van der Waals surface area contributed by atoms with Crippen molar-refractivity contribution in [3.8, 4) is 0 Å². The van der Waals surface area contributed by atoms with Crippen molar-refractivity contribution >= 4 is 21.2 Å². The molecule has 0 radical (unpaired) electrons. The maximum Gasteiger partial charge on any atom is 0.151 e. The van der Waals surface area contributed by atoms with E-state index in [1.807, 2.05) is 6.92 Å². The SMILES string of the molecule is CC1(c2cnc(CN)s2)CCS(=O)(=O)C1. The fourth-order valence-corrected chi connectivity index (χ4v) is 5.12. The summed E-state index contributed by atoms with van der Waals surface area (Å²) < 4.78 is 22.9. The Morgan fingerprint density at radius 3 is 2.87 bits per heavy atom. The molecule has 0 bridgehead atoms. The average Bonchev–Trinajstić information content (AvgIpc) is 2.71. The van der Waals surface area contributed by atoms with Crippen molar-refractivity contribution in [3.63, 3.8) is 0 Å². The van der Waals surface area contributed by atoms with Crippen molar-refractivity contribution in [3.05, 3.63) is 16.1 Å². The first-order chi connectivity index (χ1) is 6.95. The van der Waals surface area contributed by atoms with Crippen molar-refractivity contribution in [2.45, 2.75) is 25.3 Å². The molecule has 1 fully saturated rings. The van der Waals surface area contributed by atoms with Gasteiger partial charge in [0, 0.05) is 23.0 Å². The smallest absolute Gasteiger partial charge is 0.151 e. The van der Waals surface area contributed by atoms with Gasteiger partial charge in [0.1, 0.15) is 5.01 Å². The summed E-state index contributed by atoms with van der Waals surface area (Å²) >= 11 is 1.53. The molecule has 1 aliphatic heterocycles. The van der Waals surface area contributed by atoms with Gasteiger partial charge in [-0.05, 0) is 6.42 Å². The summed E-state index contributed by atoms with van der Waals surface area (Å²) in [5, 5.41) is 0.871. The predicted octanol–water partition coefficient (Wildman–Crippen LogP) is 0.678. The molecule has 1 atom stereocenters. The highest BCUT2D eigenvalue weighted by Gasteiger charge is 2.40. The molecular weight excluding hydrogens is 232 g/mol. The Morgan fingerprint density at radius 2 is 2.40 bits per heavy atom. The highest BCUT2D eigenvalue weighted by Crippen LogP contribution is 2.38. The van der Waals surface area contributed by atoms with Gasteiger partial charge in [0.15, 0.2) is 9.84 Å². The molecule has 1 saturated heterocycles. The molecule has 4 nitrogen and oxygen atoms in total. The van der Waals surface area contributed by atoms with Crippen LogP contribution in [-0.2, 0) is 21.8 Å². The number of hydrogen-bond donors (Lipinski definition) is 1. The number of aromatic nitrogens is 1. The zero-order valence-electron chi connectivity index (χ0n) is 8.56. The lowest BCUT2D eigenvalue weighted by molar-refractivity contribution is 0.546. The van der Waals surface area contributed by atoms with E-state index in [4.69, 9.17) is 5.73 Å². The molecule has 1 aliphatic rings. The molecule has 84 valence electrons. The van der Waals surface area contributed by atoms with Crippen molar-refractivity contribution in [2.75, 3.05) is 11.5 Å². The largest absolute Gasteiger partial charge is 0.325 e. The third-order valence-electron chi connectivity index (χ3n) is 2.83. The lowest BCUT2D eigenvalue weighted by atomic mass is 9.89. The lowest BCUT2D eigenvalue weighted by Crippen LogP contribution is -2.21. The molecule has 0 aliphatic carbocycles. The maximum atomic E-state index is 11.5. The summed E-state index contributed by atoms with van der Waals surface area (Å²) in [7, 11) is -2.85. The standard InChI is InChI=1S/C9H14N2O2S2/c1-9(2-3-15(12,13)6-9)7-5-11-8(4-10)14-7/h5H,2-4,6,10H2,1H3. The van der Waals surface area contributed by atoms with Gasteiger partial charge in [0.25, 0.3) is 0 Å². The van der Waals surface area contributed by atoms with Crippen LogP contribution in [0.5, 0.6) is 0 Å². The second-order valence-corrected chi connectivity index (χ2v) is 7.52. The Kier molecular flexibility index (Phi) is 2.60. The van der Waals surface area contributed by atoms with Gasteiger partial charge in [-0.3, -0.25) is 0 Å². The van der Waals surface area contributed by atoms with Crippen LogP contribution in [0.4, 0.5) is 0 Å². The van der Waals surface area contributed by atoms with E-state index in [1.165, 1.54) is 11.3 Å². The molecule has 0 aromatic carbocycles. The van der Waals surface area contributed by atoms with E-state index >= 15 is 0 Å². The van der Waals surface area contributed by atoms with Crippen LogP contribution in [0.1, 0.15) is 23.2 Å². The van der Waals surface area contributed by atoms with E-state index in [9.17, 15) is 8.42 Å². The molecule has 1 aromatic heterocycles. The van der Waals surface area contributed by atoms with Gasteiger partial charge >= 0.3 is 0 Å². The van der Waals surface area contributed by atoms with Crippen LogP contribution in [0.25, 0.3) is 0 Å². The number of sulfone groups is 1. The van der Waals surface area contributed by atoms with E-state index < -0.39 is 9.84 Å². The molecular formula is C9H14N2O2S2. The first-order valence-electron chi connectivity index (χ1n) is 4.81. The van der Waals surface area contributed by atoms with Crippen LogP contribution in [0.2, 0.25) is 0 Å². The molecule has 0 saturated carbocycles. The normalized spacial score (nSPS) is 29.5. The number of nitrogens with zero attached hydrogens (tertiary/aromatic N) is 1. The fourth-order valence-electron chi connectivity index (χ4n) is 1.89. The first-order valence-corrected chi connectivity index (χ1v) is 7.45. The Labute approximate surface area is 93.4 Å². The van der Waals surface area contributed by atoms with E-state index in [1.54, 1.807) is 6.20 Å². The van der Waals surface area contributed by atoms with Crippen LogP contribution in [0, 0.1) is 0 Å². The number of thiazole rings is 1. The van der Waals surface area contributed by atoms with Crippen LogP contribution in [-0.4, -0.2) is 24.9 Å². The van der Waals surface area contributed by atoms with Gasteiger partial charge in [-0.2, -0.15) is 0 Å². The molecule has 0 amide bonds. The van der Waals surface area contributed by atoms with Crippen LogP contribution in [0.15, 0.2) is 6.20 Å². The minimum absolute atomic E-state index is 0.242. The molecule has 6 heteroatoms. The van der Waals surface area contributed by atoms with E-state index in [2.05, 4.69) is 4.98 Å². The van der Waals surface area contributed by atoms with Crippen LogP contribution >= 0.6 is 11.3 Å².